The quantitative estimate of drug-likeness (QED) is 0.532. The lowest BCUT2D eigenvalue weighted by Crippen LogP contribution is -2.36. The molecule has 1 amide bonds. The van der Waals surface area contributed by atoms with Gasteiger partial charge in [-0.1, -0.05) is 0 Å². The molecular weight excluding hydrogens is 243 g/mol. The number of halogens is 3. The second kappa shape index (κ2) is 4.13. The van der Waals surface area contributed by atoms with E-state index in [1.165, 1.54) is 0 Å². The van der Waals surface area contributed by atoms with E-state index in [2.05, 4.69) is 10.1 Å². The lowest BCUT2D eigenvalue weighted by molar-refractivity contribution is -0.146. The van der Waals surface area contributed by atoms with Crippen molar-refractivity contribution in [2.24, 2.45) is 7.05 Å². The molecule has 1 rings (SSSR count). The van der Waals surface area contributed by atoms with E-state index in [0.717, 1.165) is 14.1 Å². The van der Waals surface area contributed by atoms with Crippen molar-refractivity contribution in [3.05, 3.63) is 17.0 Å². The number of rotatable bonds is 1. The lowest BCUT2D eigenvalue weighted by Gasteiger charge is -2.11. The van der Waals surface area contributed by atoms with Crippen molar-refractivity contribution in [3.63, 3.8) is 0 Å². The average Bonchev–Trinajstić information content (AvgIpc) is 2.19. The van der Waals surface area contributed by atoms with E-state index in [1.807, 2.05) is 0 Å². The summed E-state index contributed by atoms with van der Waals surface area (Å²) >= 11 is 0. The number of hydroxylamine groups is 2. The molecule has 0 fully saturated rings. The highest BCUT2D eigenvalue weighted by molar-refractivity contribution is 5.90. The van der Waals surface area contributed by atoms with Crippen molar-refractivity contribution in [2.75, 3.05) is 7.05 Å². The maximum Gasteiger partial charge on any atom is 0.453 e. The maximum absolute atomic E-state index is 12.4. The van der Waals surface area contributed by atoms with Gasteiger partial charge in [-0.15, -0.1) is 5.10 Å². The lowest BCUT2D eigenvalue weighted by atomic mass is 10.4. The molecule has 0 atom stereocenters. The molecule has 1 heterocycles. The number of aryl methyl sites for hydroxylation is 1. The van der Waals surface area contributed by atoms with Crippen LogP contribution >= 0.6 is 0 Å². The molecule has 0 saturated carbocycles. The summed E-state index contributed by atoms with van der Waals surface area (Å²) in [7, 11) is 1.98. The molecule has 0 aliphatic rings. The molecule has 1 aromatic heterocycles. The first-order valence-electron chi connectivity index (χ1n) is 4.18. The first kappa shape index (κ1) is 13.1. The Kier molecular flexibility index (Phi) is 3.18. The Balaban J connectivity index is 3.46. The van der Waals surface area contributed by atoms with E-state index >= 15 is 0 Å². The standard InChI is InChI=1S/C7H8F3N5O2/c1-14-4(11)3(5(16)15(2)17)12-6(13-14)7(8,9)10/h11,17H,1-2H3. The molecular formula is C7H8F3N5O2. The normalized spacial score (nSPS) is 11.4. The number of carbonyl (C=O) groups excluding carboxylic acids is 1. The largest absolute Gasteiger partial charge is 0.453 e. The Morgan fingerprint density at radius 3 is 2.47 bits per heavy atom. The number of aromatic nitrogens is 3. The van der Waals surface area contributed by atoms with E-state index in [-0.39, 0.29) is 5.06 Å². The number of hydrogen-bond donors (Lipinski definition) is 2. The Labute approximate surface area is 92.6 Å². The van der Waals surface area contributed by atoms with Crippen molar-refractivity contribution >= 4 is 5.91 Å². The van der Waals surface area contributed by atoms with Gasteiger partial charge in [-0.2, -0.15) is 13.2 Å². The van der Waals surface area contributed by atoms with Gasteiger partial charge >= 0.3 is 6.18 Å². The summed E-state index contributed by atoms with van der Waals surface area (Å²) in [6.07, 6.45) is -4.84. The average molecular weight is 251 g/mol. The summed E-state index contributed by atoms with van der Waals surface area (Å²) in [6, 6.07) is 0. The fraction of sp³-hybridized carbons (Fsp3) is 0.429. The molecule has 0 aliphatic heterocycles. The molecule has 0 aromatic carbocycles. The molecule has 0 saturated heterocycles. The molecule has 0 bridgehead atoms. The summed E-state index contributed by atoms with van der Waals surface area (Å²) < 4.78 is 37.6. The van der Waals surface area contributed by atoms with Crippen LogP contribution in [0.15, 0.2) is 0 Å². The van der Waals surface area contributed by atoms with E-state index in [4.69, 9.17) is 10.6 Å². The SMILES string of the molecule is CN(O)C(=O)c1nc(C(F)(F)F)nn(C)c1=N. The van der Waals surface area contributed by atoms with Crippen molar-refractivity contribution in [1.82, 2.24) is 19.8 Å². The van der Waals surface area contributed by atoms with E-state index in [0.29, 0.717) is 4.68 Å². The van der Waals surface area contributed by atoms with E-state index in [9.17, 15) is 18.0 Å². The van der Waals surface area contributed by atoms with Crippen LogP contribution in [0, 0.1) is 5.41 Å². The molecule has 17 heavy (non-hydrogen) atoms. The van der Waals surface area contributed by atoms with Gasteiger partial charge in [0.25, 0.3) is 11.7 Å². The third kappa shape index (κ3) is 2.58. The van der Waals surface area contributed by atoms with Gasteiger partial charge in [-0.3, -0.25) is 15.4 Å². The van der Waals surface area contributed by atoms with Gasteiger partial charge in [-0.05, 0) is 0 Å². The third-order valence-electron chi connectivity index (χ3n) is 1.76. The van der Waals surface area contributed by atoms with Crippen molar-refractivity contribution in [3.8, 4) is 0 Å². The monoisotopic (exact) mass is 251 g/mol. The Morgan fingerprint density at radius 2 is 2.06 bits per heavy atom. The number of carbonyl (C=O) groups is 1. The van der Waals surface area contributed by atoms with Gasteiger partial charge in [0.1, 0.15) is 0 Å². The van der Waals surface area contributed by atoms with Crippen LogP contribution in [-0.4, -0.2) is 38.0 Å². The number of alkyl halides is 3. The predicted octanol–water partition coefficient (Wildman–Crippen LogP) is -0.225. The molecule has 10 heteroatoms. The molecule has 7 nitrogen and oxygen atoms in total. The first-order chi connectivity index (χ1) is 7.64. The first-order valence-corrected chi connectivity index (χ1v) is 4.18. The molecule has 0 radical (unpaired) electrons. The van der Waals surface area contributed by atoms with Crippen LogP contribution < -0.4 is 5.49 Å². The van der Waals surface area contributed by atoms with Crippen LogP contribution in [0.2, 0.25) is 0 Å². The van der Waals surface area contributed by atoms with Crippen LogP contribution in [-0.2, 0) is 13.2 Å². The van der Waals surface area contributed by atoms with Crippen LogP contribution in [0.5, 0.6) is 0 Å². The smallest absolute Gasteiger partial charge is 0.286 e. The van der Waals surface area contributed by atoms with Crippen LogP contribution in [0.4, 0.5) is 13.2 Å². The Morgan fingerprint density at radius 1 is 1.53 bits per heavy atom. The summed E-state index contributed by atoms with van der Waals surface area (Å²) in [4.78, 5) is 14.2. The summed E-state index contributed by atoms with van der Waals surface area (Å²) in [5, 5.41) is 19.2. The van der Waals surface area contributed by atoms with Crippen molar-refractivity contribution in [1.29, 1.82) is 5.41 Å². The minimum Gasteiger partial charge on any atom is -0.286 e. The van der Waals surface area contributed by atoms with Gasteiger partial charge in [0, 0.05) is 14.1 Å². The predicted molar refractivity (Wildman–Crippen MR) is 45.7 cm³/mol. The van der Waals surface area contributed by atoms with Crippen molar-refractivity contribution in [2.45, 2.75) is 6.18 Å². The third-order valence-corrected chi connectivity index (χ3v) is 1.76. The topological polar surface area (TPSA) is 95.1 Å². The van der Waals surface area contributed by atoms with Crippen molar-refractivity contribution < 1.29 is 23.2 Å². The minimum absolute atomic E-state index is 0.0422. The molecule has 0 aliphatic carbocycles. The number of nitrogens with one attached hydrogen (secondary N) is 1. The molecule has 0 spiro atoms. The van der Waals surface area contributed by atoms with Gasteiger partial charge < -0.3 is 0 Å². The highest BCUT2D eigenvalue weighted by Crippen LogP contribution is 2.25. The molecule has 0 unspecified atom stereocenters. The van der Waals surface area contributed by atoms with Crippen LogP contribution in [0.25, 0.3) is 0 Å². The Bertz CT molecular complexity index is 507. The molecule has 2 N–H and O–H groups in total. The maximum atomic E-state index is 12.4. The number of hydrogen-bond acceptors (Lipinski definition) is 5. The van der Waals surface area contributed by atoms with Crippen LogP contribution in [0.3, 0.4) is 0 Å². The second-order valence-electron chi connectivity index (χ2n) is 3.08. The Hall–Kier alpha value is -1.97. The molecule has 94 valence electrons. The zero-order valence-corrected chi connectivity index (χ0v) is 8.78. The zero-order chi connectivity index (χ0) is 13.4. The van der Waals surface area contributed by atoms with Gasteiger partial charge in [-0.25, -0.2) is 14.7 Å². The number of nitrogens with zero attached hydrogens (tertiary/aromatic N) is 4. The van der Waals surface area contributed by atoms with E-state index < -0.39 is 29.1 Å². The fourth-order valence-corrected chi connectivity index (χ4v) is 0.949. The second-order valence-corrected chi connectivity index (χ2v) is 3.08. The van der Waals surface area contributed by atoms with Gasteiger partial charge in [0.05, 0.1) is 0 Å². The summed E-state index contributed by atoms with van der Waals surface area (Å²) in [5.74, 6) is -2.78. The highest BCUT2D eigenvalue weighted by atomic mass is 19.4. The summed E-state index contributed by atoms with van der Waals surface area (Å²) in [5.41, 5.74) is -1.47. The summed E-state index contributed by atoms with van der Waals surface area (Å²) in [6.45, 7) is 0. The minimum atomic E-state index is -4.84. The molecule has 1 aromatic rings. The zero-order valence-electron chi connectivity index (χ0n) is 8.78. The highest BCUT2D eigenvalue weighted by Gasteiger charge is 2.36. The van der Waals surface area contributed by atoms with E-state index in [1.54, 1.807) is 0 Å². The van der Waals surface area contributed by atoms with Crippen LogP contribution in [0.1, 0.15) is 16.3 Å². The number of amides is 1. The van der Waals surface area contributed by atoms with Gasteiger partial charge in [0.2, 0.25) is 0 Å². The fourth-order valence-electron chi connectivity index (χ4n) is 0.949. The van der Waals surface area contributed by atoms with Gasteiger partial charge in [0.15, 0.2) is 11.2 Å².